The third kappa shape index (κ3) is 4.57. The molecule has 0 aliphatic heterocycles. The molecule has 0 heterocycles. The highest BCUT2D eigenvalue weighted by Crippen LogP contribution is 2.25. The van der Waals surface area contributed by atoms with Gasteiger partial charge in [-0.25, -0.2) is 8.42 Å². The molecule has 1 amide bonds. The van der Waals surface area contributed by atoms with Crippen LogP contribution in [0.2, 0.25) is 0 Å². The molecule has 0 saturated heterocycles. The van der Waals surface area contributed by atoms with Crippen molar-refractivity contribution in [2.24, 2.45) is 5.92 Å². The van der Waals surface area contributed by atoms with Gasteiger partial charge in [0.2, 0.25) is 15.9 Å². The second-order valence-corrected chi connectivity index (χ2v) is 9.18. The summed E-state index contributed by atoms with van der Waals surface area (Å²) in [6.07, 6.45) is 0.981. The molecule has 1 aromatic carbocycles. The van der Waals surface area contributed by atoms with Crippen molar-refractivity contribution in [3.63, 3.8) is 0 Å². The average Bonchev–Trinajstić information content (AvgIpc) is 2.37. The normalized spacial score (nSPS) is 12.7. The maximum atomic E-state index is 12.4. The monoisotopic (exact) mass is 325 g/mol. The van der Waals surface area contributed by atoms with Crippen molar-refractivity contribution in [2.45, 2.75) is 58.6 Å². The van der Waals surface area contributed by atoms with Crippen molar-refractivity contribution in [2.75, 3.05) is 0 Å². The SMILES string of the molecule is CC(C)Cc1ccc(C(C)(C)C(=O)NS(=O)(=O)C(C)C)cc1. The summed E-state index contributed by atoms with van der Waals surface area (Å²) in [5.41, 5.74) is 1.11. The first-order valence-corrected chi connectivity index (χ1v) is 9.17. The number of carbonyl (C=O) groups is 1. The summed E-state index contributed by atoms with van der Waals surface area (Å²) in [4.78, 5) is 12.4. The third-order valence-electron chi connectivity index (χ3n) is 3.74. The van der Waals surface area contributed by atoms with Crippen molar-refractivity contribution < 1.29 is 13.2 Å². The number of benzene rings is 1. The van der Waals surface area contributed by atoms with E-state index in [2.05, 4.69) is 18.6 Å². The predicted molar refractivity (Wildman–Crippen MR) is 90.2 cm³/mol. The fraction of sp³-hybridized carbons (Fsp3) is 0.588. The van der Waals surface area contributed by atoms with Gasteiger partial charge in [-0.15, -0.1) is 0 Å². The summed E-state index contributed by atoms with van der Waals surface area (Å²) in [5, 5.41) is -0.638. The molecule has 5 heteroatoms. The maximum Gasteiger partial charge on any atom is 0.243 e. The summed E-state index contributed by atoms with van der Waals surface area (Å²) in [7, 11) is -3.61. The molecule has 0 fully saturated rings. The summed E-state index contributed by atoms with van der Waals surface area (Å²) in [6.45, 7) is 10.9. The topological polar surface area (TPSA) is 63.2 Å². The van der Waals surface area contributed by atoms with E-state index in [0.29, 0.717) is 5.92 Å². The van der Waals surface area contributed by atoms with E-state index in [9.17, 15) is 13.2 Å². The van der Waals surface area contributed by atoms with Gasteiger partial charge >= 0.3 is 0 Å². The molecule has 4 nitrogen and oxygen atoms in total. The highest BCUT2D eigenvalue weighted by Gasteiger charge is 2.33. The van der Waals surface area contributed by atoms with Crippen molar-refractivity contribution in [3.05, 3.63) is 35.4 Å². The lowest BCUT2D eigenvalue weighted by atomic mass is 9.83. The Labute approximate surface area is 134 Å². The zero-order chi connectivity index (χ0) is 17.1. The van der Waals surface area contributed by atoms with E-state index < -0.39 is 26.6 Å². The molecule has 0 atom stereocenters. The number of amides is 1. The molecule has 0 saturated carbocycles. The van der Waals surface area contributed by atoms with E-state index >= 15 is 0 Å². The van der Waals surface area contributed by atoms with Gasteiger partial charge in [0, 0.05) is 0 Å². The Kier molecular flexibility index (Phi) is 5.79. The van der Waals surface area contributed by atoms with Gasteiger partial charge in [0.25, 0.3) is 0 Å². The van der Waals surface area contributed by atoms with Crippen LogP contribution in [0.4, 0.5) is 0 Å². The first-order valence-electron chi connectivity index (χ1n) is 7.62. The van der Waals surface area contributed by atoms with E-state index in [-0.39, 0.29) is 0 Å². The smallest absolute Gasteiger partial charge is 0.243 e. The Bertz CT molecular complexity index is 614. The van der Waals surface area contributed by atoms with Gasteiger partial charge in [-0.05, 0) is 51.2 Å². The quantitative estimate of drug-likeness (QED) is 0.874. The number of hydrogen-bond acceptors (Lipinski definition) is 3. The number of hydrogen-bond donors (Lipinski definition) is 1. The number of nitrogens with one attached hydrogen (secondary N) is 1. The van der Waals surface area contributed by atoms with Gasteiger partial charge in [0.1, 0.15) is 0 Å². The van der Waals surface area contributed by atoms with Crippen molar-refractivity contribution in [1.82, 2.24) is 4.72 Å². The molecule has 0 bridgehead atoms. The van der Waals surface area contributed by atoms with E-state index in [1.807, 2.05) is 24.3 Å². The van der Waals surface area contributed by atoms with E-state index in [0.717, 1.165) is 12.0 Å². The van der Waals surface area contributed by atoms with E-state index in [1.54, 1.807) is 27.7 Å². The predicted octanol–water partition coefficient (Wildman–Crippen LogP) is 3.02. The lowest BCUT2D eigenvalue weighted by molar-refractivity contribution is -0.123. The van der Waals surface area contributed by atoms with Crippen LogP contribution in [-0.4, -0.2) is 19.6 Å². The second-order valence-electron chi connectivity index (χ2n) is 6.94. The van der Waals surface area contributed by atoms with Crippen LogP contribution in [0.5, 0.6) is 0 Å². The molecule has 1 aromatic rings. The van der Waals surface area contributed by atoms with Crippen LogP contribution in [0.25, 0.3) is 0 Å². The van der Waals surface area contributed by atoms with E-state index in [4.69, 9.17) is 0 Å². The lowest BCUT2D eigenvalue weighted by Gasteiger charge is -2.25. The van der Waals surface area contributed by atoms with Crippen LogP contribution in [0.1, 0.15) is 52.7 Å². The number of carbonyl (C=O) groups excluding carboxylic acids is 1. The summed E-state index contributed by atoms with van der Waals surface area (Å²) in [6, 6.07) is 7.81. The minimum absolute atomic E-state index is 0.502. The van der Waals surface area contributed by atoms with E-state index in [1.165, 1.54) is 5.56 Å². The van der Waals surface area contributed by atoms with Crippen LogP contribution in [0.15, 0.2) is 24.3 Å². The Balaban J connectivity index is 2.96. The van der Waals surface area contributed by atoms with Crippen molar-refractivity contribution in [1.29, 1.82) is 0 Å². The Hall–Kier alpha value is -1.36. The molecular formula is C17H27NO3S. The minimum Gasteiger partial charge on any atom is -0.273 e. The molecule has 22 heavy (non-hydrogen) atoms. The molecule has 0 radical (unpaired) electrons. The number of sulfonamides is 1. The van der Waals surface area contributed by atoms with Gasteiger partial charge in [-0.3, -0.25) is 9.52 Å². The van der Waals surface area contributed by atoms with Gasteiger partial charge in [0.15, 0.2) is 0 Å². The molecular weight excluding hydrogens is 298 g/mol. The third-order valence-corrected chi connectivity index (χ3v) is 5.45. The first-order chi connectivity index (χ1) is 9.96. The lowest BCUT2D eigenvalue weighted by Crippen LogP contribution is -2.45. The van der Waals surface area contributed by atoms with Crippen LogP contribution in [-0.2, 0) is 26.7 Å². The Morgan fingerprint density at radius 2 is 1.59 bits per heavy atom. The standard InChI is InChI=1S/C17H27NO3S/c1-12(2)11-14-7-9-15(10-8-14)17(5,6)16(19)18-22(20,21)13(3)4/h7-10,12-13H,11H2,1-6H3,(H,18,19). The van der Waals surface area contributed by atoms with Crippen LogP contribution in [0, 0.1) is 5.92 Å². The summed E-state index contributed by atoms with van der Waals surface area (Å²) in [5.74, 6) is 0.0659. The second kappa shape index (κ2) is 6.82. The van der Waals surface area contributed by atoms with Crippen LogP contribution in [0.3, 0.4) is 0 Å². The fourth-order valence-electron chi connectivity index (χ4n) is 2.03. The highest BCUT2D eigenvalue weighted by atomic mass is 32.2. The Morgan fingerprint density at radius 1 is 1.09 bits per heavy atom. The Morgan fingerprint density at radius 3 is 2.00 bits per heavy atom. The van der Waals surface area contributed by atoms with Crippen molar-refractivity contribution in [3.8, 4) is 0 Å². The van der Waals surface area contributed by atoms with Crippen LogP contribution < -0.4 is 4.72 Å². The largest absolute Gasteiger partial charge is 0.273 e. The molecule has 0 aromatic heterocycles. The van der Waals surface area contributed by atoms with Gasteiger partial charge in [-0.1, -0.05) is 38.1 Å². The zero-order valence-corrected chi connectivity index (χ0v) is 15.1. The molecule has 1 rings (SSSR count). The first kappa shape index (κ1) is 18.7. The average molecular weight is 325 g/mol. The molecule has 0 unspecified atom stereocenters. The number of rotatable bonds is 6. The molecule has 0 aliphatic carbocycles. The van der Waals surface area contributed by atoms with Crippen molar-refractivity contribution >= 4 is 15.9 Å². The van der Waals surface area contributed by atoms with Gasteiger partial charge in [0.05, 0.1) is 10.7 Å². The fourth-order valence-corrected chi connectivity index (χ4v) is 2.78. The van der Waals surface area contributed by atoms with Gasteiger partial charge < -0.3 is 0 Å². The van der Waals surface area contributed by atoms with Crippen LogP contribution >= 0.6 is 0 Å². The highest BCUT2D eigenvalue weighted by molar-refractivity contribution is 7.90. The molecule has 0 spiro atoms. The maximum absolute atomic E-state index is 12.4. The summed E-state index contributed by atoms with van der Waals surface area (Å²) >= 11 is 0. The summed E-state index contributed by atoms with van der Waals surface area (Å²) < 4.78 is 25.9. The zero-order valence-electron chi connectivity index (χ0n) is 14.3. The molecule has 124 valence electrons. The van der Waals surface area contributed by atoms with Gasteiger partial charge in [-0.2, -0.15) is 0 Å². The molecule has 0 aliphatic rings. The molecule has 1 N–H and O–H groups in total. The minimum atomic E-state index is -3.61.